The average Bonchev–Trinajstić information content (AvgIpc) is 2.71. The maximum atomic E-state index is 12.5. The van der Waals surface area contributed by atoms with Crippen LogP contribution in [0.25, 0.3) is 0 Å². The summed E-state index contributed by atoms with van der Waals surface area (Å²) >= 11 is 0. The molecule has 1 aliphatic rings. The minimum atomic E-state index is -0.0561. The fourth-order valence-electron chi connectivity index (χ4n) is 4.28. The van der Waals surface area contributed by atoms with Crippen LogP contribution in [0.5, 0.6) is 0 Å². The Labute approximate surface area is 173 Å². The summed E-state index contributed by atoms with van der Waals surface area (Å²) in [6.07, 6.45) is 18.7. The van der Waals surface area contributed by atoms with Crippen molar-refractivity contribution in [2.24, 2.45) is 0 Å². The highest BCUT2D eigenvalue weighted by molar-refractivity contribution is 5.79. The van der Waals surface area contributed by atoms with Gasteiger partial charge < -0.3 is 4.74 Å². The van der Waals surface area contributed by atoms with Gasteiger partial charge in [0.25, 0.3) is 0 Å². The van der Waals surface area contributed by atoms with Crippen molar-refractivity contribution in [3.63, 3.8) is 0 Å². The second kappa shape index (κ2) is 13.8. The molecular formula is C26H42O2. The lowest BCUT2D eigenvalue weighted by molar-refractivity contribution is -0.156. The van der Waals surface area contributed by atoms with E-state index < -0.39 is 0 Å². The van der Waals surface area contributed by atoms with Crippen LogP contribution in [0.1, 0.15) is 121 Å². The smallest absolute Gasteiger partial charge is 0.313 e. The molecule has 1 saturated heterocycles. The lowest BCUT2D eigenvalue weighted by Gasteiger charge is -2.28. The van der Waals surface area contributed by atoms with Gasteiger partial charge in [-0.25, -0.2) is 0 Å². The van der Waals surface area contributed by atoms with E-state index in [1.54, 1.807) is 0 Å². The van der Waals surface area contributed by atoms with Crippen LogP contribution in [-0.2, 0) is 16.0 Å². The zero-order valence-electron chi connectivity index (χ0n) is 18.4. The average molecular weight is 387 g/mol. The van der Waals surface area contributed by atoms with Gasteiger partial charge in [-0.2, -0.15) is 0 Å². The van der Waals surface area contributed by atoms with Crippen LogP contribution in [0.4, 0.5) is 0 Å². The van der Waals surface area contributed by atoms with Gasteiger partial charge in [-0.15, -0.1) is 0 Å². The molecule has 0 bridgehead atoms. The van der Waals surface area contributed by atoms with Crippen molar-refractivity contribution in [1.82, 2.24) is 0 Å². The molecule has 1 aliphatic heterocycles. The van der Waals surface area contributed by atoms with Crippen LogP contribution in [0, 0.1) is 0 Å². The molecule has 0 N–H and O–H groups in total. The molecule has 1 heterocycles. The van der Waals surface area contributed by atoms with Gasteiger partial charge in [-0.05, 0) is 49.7 Å². The van der Waals surface area contributed by atoms with E-state index in [1.165, 1.54) is 76.2 Å². The molecule has 158 valence electrons. The van der Waals surface area contributed by atoms with Gasteiger partial charge in [0.15, 0.2) is 0 Å². The van der Waals surface area contributed by atoms with E-state index in [0.717, 1.165) is 31.2 Å². The molecule has 2 atom stereocenters. The summed E-state index contributed by atoms with van der Waals surface area (Å²) in [6.45, 7) is 4.50. The van der Waals surface area contributed by atoms with E-state index in [1.807, 2.05) is 0 Å². The summed E-state index contributed by atoms with van der Waals surface area (Å²) in [5.74, 6) is -0.0621. The SMILES string of the molecule is CCCCCCCCc1ccc(C2CCC(CCCCCCC)OC2=O)cc1. The van der Waals surface area contributed by atoms with E-state index in [9.17, 15) is 4.79 Å². The third-order valence-corrected chi connectivity index (χ3v) is 6.18. The lowest BCUT2D eigenvalue weighted by Crippen LogP contribution is -2.29. The molecule has 2 nitrogen and oxygen atoms in total. The minimum Gasteiger partial charge on any atom is -0.462 e. The molecule has 0 radical (unpaired) electrons. The minimum absolute atomic E-state index is 0.00603. The first-order valence-electron chi connectivity index (χ1n) is 12.0. The van der Waals surface area contributed by atoms with Crippen molar-refractivity contribution < 1.29 is 9.53 Å². The topological polar surface area (TPSA) is 26.3 Å². The largest absolute Gasteiger partial charge is 0.462 e. The normalized spacial score (nSPS) is 19.6. The summed E-state index contributed by atoms with van der Waals surface area (Å²) in [5.41, 5.74) is 2.53. The highest BCUT2D eigenvalue weighted by Gasteiger charge is 2.30. The first kappa shape index (κ1) is 23.0. The summed E-state index contributed by atoms with van der Waals surface area (Å²) < 4.78 is 5.76. The fourth-order valence-corrected chi connectivity index (χ4v) is 4.28. The number of benzene rings is 1. The van der Waals surface area contributed by atoms with Gasteiger partial charge in [0.2, 0.25) is 0 Å². The van der Waals surface area contributed by atoms with Gasteiger partial charge in [-0.1, -0.05) is 95.9 Å². The van der Waals surface area contributed by atoms with Crippen LogP contribution in [0.3, 0.4) is 0 Å². The number of hydrogen-bond acceptors (Lipinski definition) is 2. The van der Waals surface area contributed by atoms with Gasteiger partial charge >= 0.3 is 5.97 Å². The van der Waals surface area contributed by atoms with Crippen LogP contribution in [0.15, 0.2) is 24.3 Å². The number of unbranched alkanes of at least 4 members (excludes halogenated alkanes) is 9. The van der Waals surface area contributed by atoms with E-state index in [4.69, 9.17) is 4.74 Å². The summed E-state index contributed by atoms with van der Waals surface area (Å²) in [7, 11) is 0. The molecule has 28 heavy (non-hydrogen) atoms. The second-order valence-electron chi connectivity index (χ2n) is 8.65. The molecule has 0 saturated carbocycles. The predicted octanol–water partition coefficient (Wildman–Crippen LogP) is 7.74. The Kier molecular flexibility index (Phi) is 11.3. The van der Waals surface area contributed by atoms with Crippen LogP contribution >= 0.6 is 0 Å². The van der Waals surface area contributed by atoms with Crippen LogP contribution in [-0.4, -0.2) is 12.1 Å². The second-order valence-corrected chi connectivity index (χ2v) is 8.65. The first-order valence-corrected chi connectivity index (χ1v) is 12.0. The molecule has 0 amide bonds. The fraction of sp³-hybridized carbons (Fsp3) is 0.731. The third kappa shape index (κ3) is 8.37. The van der Waals surface area contributed by atoms with Crippen molar-refractivity contribution in [2.45, 2.75) is 122 Å². The summed E-state index contributed by atoms with van der Waals surface area (Å²) in [5, 5.41) is 0. The third-order valence-electron chi connectivity index (χ3n) is 6.18. The van der Waals surface area contributed by atoms with Gasteiger partial charge in [0.1, 0.15) is 6.10 Å². The van der Waals surface area contributed by atoms with E-state index in [-0.39, 0.29) is 18.0 Å². The van der Waals surface area contributed by atoms with E-state index in [2.05, 4.69) is 38.1 Å². The molecule has 2 heteroatoms. The van der Waals surface area contributed by atoms with Crippen LogP contribution in [0.2, 0.25) is 0 Å². The Hall–Kier alpha value is -1.31. The zero-order valence-corrected chi connectivity index (χ0v) is 18.4. The Balaban J connectivity index is 1.68. The maximum absolute atomic E-state index is 12.5. The molecule has 1 fully saturated rings. The molecule has 0 aliphatic carbocycles. The standard InChI is InChI=1S/C26H42O2/c1-3-5-7-9-11-12-14-22-16-18-23(19-17-22)25-21-20-24(28-26(25)27)15-13-10-8-6-4-2/h16-19,24-25H,3-15,20-21H2,1-2H3. The number of rotatable bonds is 14. The number of aryl methyl sites for hydroxylation is 1. The van der Waals surface area contributed by atoms with Gasteiger partial charge in [0.05, 0.1) is 5.92 Å². The summed E-state index contributed by atoms with van der Waals surface area (Å²) in [6, 6.07) is 8.75. The van der Waals surface area contributed by atoms with Crippen molar-refractivity contribution in [3.05, 3.63) is 35.4 Å². The molecule has 1 aromatic carbocycles. The Morgan fingerprint density at radius 2 is 1.39 bits per heavy atom. The zero-order chi connectivity index (χ0) is 20.0. The first-order chi connectivity index (χ1) is 13.7. The molecule has 0 aromatic heterocycles. The van der Waals surface area contributed by atoms with E-state index >= 15 is 0 Å². The number of ether oxygens (including phenoxy) is 1. The molecule has 1 aromatic rings. The number of carbonyl (C=O) groups excluding carboxylic acids is 1. The van der Waals surface area contributed by atoms with Crippen molar-refractivity contribution in [3.8, 4) is 0 Å². The van der Waals surface area contributed by atoms with E-state index in [0.29, 0.717) is 0 Å². The number of cyclic esters (lactones) is 1. The maximum Gasteiger partial charge on any atom is 0.313 e. The van der Waals surface area contributed by atoms with Crippen LogP contribution < -0.4 is 0 Å². The van der Waals surface area contributed by atoms with Gasteiger partial charge in [0, 0.05) is 0 Å². The monoisotopic (exact) mass is 386 g/mol. The lowest BCUT2D eigenvalue weighted by atomic mass is 9.88. The number of carbonyl (C=O) groups is 1. The number of esters is 1. The van der Waals surface area contributed by atoms with Crippen molar-refractivity contribution >= 4 is 5.97 Å². The highest BCUT2D eigenvalue weighted by atomic mass is 16.5. The number of hydrogen-bond donors (Lipinski definition) is 0. The molecule has 2 rings (SSSR count). The Bertz CT molecular complexity index is 534. The molecule has 0 spiro atoms. The van der Waals surface area contributed by atoms with Gasteiger partial charge in [-0.3, -0.25) is 4.79 Å². The molecular weight excluding hydrogens is 344 g/mol. The highest BCUT2D eigenvalue weighted by Crippen LogP contribution is 2.31. The predicted molar refractivity (Wildman–Crippen MR) is 119 cm³/mol. The quantitative estimate of drug-likeness (QED) is 0.241. The Morgan fingerprint density at radius 3 is 2.04 bits per heavy atom. The van der Waals surface area contributed by atoms with Crippen molar-refractivity contribution in [1.29, 1.82) is 0 Å². The van der Waals surface area contributed by atoms with Crippen molar-refractivity contribution in [2.75, 3.05) is 0 Å². The summed E-state index contributed by atoms with van der Waals surface area (Å²) in [4.78, 5) is 12.5. The Morgan fingerprint density at radius 1 is 0.786 bits per heavy atom. The molecule has 2 unspecified atom stereocenters.